The predicted molar refractivity (Wildman–Crippen MR) is 89.1 cm³/mol. The molecule has 2 atom stereocenters. The van der Waals surface area contributed by atoms with Gasteiger partial charge in [0.25, 0.3) is 0 Å². The van der Waals surface area contributed by atoms with Crippen LogP contribution in [0.4, 0.5) is 0 Å². The summed E-state index contributed by atoms with van der Waals surface area (Å²) in [5.41, 5.74) is 1.06. The van der Waals surface area contributed by atoms with E-state index in [1.165, 1.54) is 0 Å². The maximum Gasteiger partial charge on any atom is 0.334 e. The highest BCUT2D eigenvalue weighted by Gasteiger charge is 2.32. The highest BCUT2D eigenvalue weighted by molar-refractivity contribution is 5.79. The van der Waals surface area contributed by atoms with Crippen LogP contribution in [0.1, 0.15) is 32.3 Å². The minimum atomic E-state index is -1.03. The summed E-state index contributed by atoms with van der Waals surface area (Å²) in [6.07, 6.45) is 0.738. The summed E-state index contributed by atoms with van der Waals surface area (Å²) < 4.78 is 10.9. The van der Waals surface area contributed by atoms with E-state index in [1.807, 2.05) is 24.3 Å². The largest absolute Gasteiger partial charge is 0.494 e. The second-order valence-electron chi connectivity index (χ2n) is 6.06. The minimum absolute atomic E-state index is 0.0392. The van der Waals surface area contributed by atoms with E-state index < -0.39 is 12.1 Å². The first-order chi connectivity index (χ1) is 11.5. The molecule has 1 N–H and O–H groups in total. The van der Waals surface area contributed by atoms with Gasteiger partial charge in [0.15, 0.2) is 6.10 Å². The molecule has 0 radical (unpaired) electrons. The van der Waals surface area contributed by atoms with Gasteiger partial charge in [0.1, 0.15) is 5.75 Å². The number of carboxylic acids is 1. The molecule has 1 aromatic carbocycles. The van der Waals surface area contributed by atoms with Gasteiger partial charge in [-0.2, -0.15) is 0 Å². The van der Waals surface area contributed by atoms with Crippen LogP contribution in [0.2, 0.25) is 0 Å². The molecule has 0 aromatic heterocycles. The number of ether oxygens (including phenoxy) is 2. The molecule has 6 nitrogen and oxygen atoms in total. The molecule has 1 aliphatic heterocycles. The Morgan fingerprint density at radius 3 is 2.62 bits per heavy atom. The van der Waals surface area contributed by atoms with Gasteiger partial charge in [-0.05, 0) is 37.5 Å². The van der Waals surface area contributed by atoms with Gasteiger partial charge in [-0.3, -0.25) is 4.79 Å². The number of nitrogens with zero attached hydrogens (tertiary/aromatic N) is 1. The van der Waals surface area contributed by atoms with Crippen molar-refractivity contribution in [3.63, 3.8) is 0 Å². The Hall–Kier alpha value is -2.08. The van der Waals surface area contributed by atoms with Gasteiger partial charge in [-0.1, -0.05) is 19.1 Å². The zero-order valence-corrected chi connectivity index (χ0v) is 14.2. The molecule has 0 bridgehead atoms. The summed E-state index contributed by atoms with van der Waals surface area (Å²) in [7, 11) is 0. The van der Waals surface area contributed by atoms with Crippen molar-refractivity contribution in [3.05, 3.63) is 29.8 Å². The Labute approximate surface area is 142 Å². The van der Waals surface area contributed by atoms with Gasteiger partial charge in [0.2, 0.25) is 5.91 Å². The van der Waals surface area contributed by atoms with E-state index in [1.54, 1.807) is 11.8 Å². The molecule has 24 heavy (non-hydrogen) atoms. The second kappa shape index (κ2) is 8.68. The van der Waals surface area contributed by atoms with Crippen molar-refractivity contribution in [1.29, 1.82) is 0 Å². The van der Waals surface area contributed by atoms with Crippen LogP contribution in [0.15, 0.2) is 24.3 Å². The quantitative estimate of drug-likeness (QED) is 0.826. The molecule has 2 rings (SSSR count). The molecule has 0 saturated carbocycles. The van der Waals surface area contributed by atoms with Gasteiger partial charge in [0, 0.05) is 13.0 Å². The number of morpholine rings is 1. The van der Waals surface area contributed by atoms with Crippen molar-refractivity contribution in [2.24, 2.45) is 0 Å². The summed E-state index contributed by atoms with van der Waals surface area (Å²) >= 11 is 0. The highest BCUT2D eigenvalue weighted by atomic mass is 16.5. The average molecular weight is 335 g/mol. The number of rotatable bonds is 7. The van der Waals surface area contributed by atoms with Crippen molar-refractivity contribution >= 4 is 11.9 Å². The SMILES string of the molecule is CCCOc1ccc(CCC(=O)N2CC(C(=O)O)O[C@H](C)C2)cc1. The van der Waals surface area contributed by atoms with Crippen molar-refractivity contribution in [1.82, 2.24) is 4.90 Å². The van der Waals surface area contributed by atoms with Crippen LogP contribution in [0, 0.1) is 0 Å². The number of carboxylic acid groups (broad SMARTS) is 1. The number of aryl methyl sites for hydroxylation is 1. The lowest BCUT2D eigenvalue weighted by atomic mass is 10.1. The Bertz CT molecular complexity index is 557. The standard InChI is InChI=1S/C18H25NO5/c1-3-10-23-15-7-4-14(5-8-15)6-9-17(20)19-11-13(2)24-16(12-19)18(21)22/h4-5,7-8,13,16H,3,6,9-12H2,1-2H3,(H,21,22)/t13-,16?/m1/s1. The lowest BCUT2D eigenvalue weighted by molar-refractivity contribution is -0.166. The summed E-state index contributed by atoms with van der Waals surface area (Å²) in [5, 5.41) is 9.08. The number of hydrogen-bond donors (Lipinski definition) is 1. The average Bonchev–Trinajstić information content (AvgIpc) is 2.58. The Kier molecular flexibility index (Phi) is 6.61. The van der Waals surface area contributed by atoms with Crippen LogP contribution in [0.25, 0.3) is 0 Å². The minimum Gasteiger partial charge on any atom is -0.494 e. The number of carbonyl (C=O) groups is 2. The maximum absolute atomic E-state index is 12.3. The summed E-state index contributed by atoms with van der Waals surface area (Å²) in [6, 6.07) is 7.74. The first-order valence-electron chi connectivity index (χ1n) is 8.37. The third kappa shape index (κ3) is 5.23. The molecule has 1 heterocycles. The molecule has 132 valence electrons. The molecule has 0 aliphatic carbocycles. The first-order valence-corrected chi connectivity index (χ1v) is 8.37. The van der Waals surface area contributed by atoms with Gasteiger partial charge >= 0.3 is 5.97 Å². The van der Waals surface area contributed by atoms with E-state index in [2.05, 4.69) is 6.92 Å². The third-order valence-corrected chi connectivity index (χ3v) is 3.91. The Morgan fingerprint density at radius 2 is 2.00 bits per heavy atom. The highest BCUT2D eigenvalue weighted by Crippen LogP contribution is 2.16. The fourth-order valence-corrected chi connectivity index (χ4v) is 2.67. The van der Waals surface area contributed by atoms with Crippen molar-refractivity contribution in [3.8, 4) is 5.75 Å². The molecule has 1 fully saturated rings. The fraction of sp³-hybridized carbons (Fsp3) is 0.556. The monoisotopic (exact) mass is 335 g/mol. The van der Waals surface area contributed by atoms with Crippen molar-refractivity contribution in [2.75, 3.05) is 19.7 Å². The summed E-state index contributed by atoms with van der Waals surface area (Å²) in [5.74, 6) is -0.233. The molecule has 1 unspecified atom stereocenters. The molecule has 1 saturated heterocycles. The smallest absolute Gasteiger partial charge is 0.334 e. The van der Waals surface area contributed by atoms with Crippen LogP contribution >= 0.6 is 0 Å². The number of aliphatic carboxylic acids is 1. The lowest BCUT2D eigenvalue weighted by Gasteiger charge is -2.35. The number of carbonyl (C=O) groups excluding carboxylic acids is 1. The summed E-state index contributed by atoms with van der Waals surface area (Å²) in [4.78, 5) is 25.0. The molecular formula is C18H25NO5. The summed E-state index contributed by atoms with van der Waals surface area (Å²) in [6.45, 7) is 5.08. The normalized spacial score (nSPS) is 20.7. The van der Waals surface area contributed by atoms with E-state index in [4.69, 9.17) is 14.6 Å². The van der Waals surface area contributed by atoms with Crippen molar-refractivity contribution < 1.29 is 24.2 Å². The van der Waals surface area contributed by atoms with E-state index in [-0.39, 0.29) is 18.6 Å². The molecule has 1 amide bonds. The zero-order valence-electron chi connectivity index (χ0n) is 14.2. The first kappa shape index (κ1) is 18.3. The van der Waals surface area contributed by atoms with Gasteiger partial charge in [-0.15, -0.1) is 0 Å². The van der Waals surface area contributed by atoms with Gasteiger partial charge in [0.05, 0.1) is 19.3 Å². The van der Waals surface area contributed by atoms with E-state index in [9.17, 15) is 9.59 Å². The topological polar surface area (TPSA) is 76.1 Å². The molecular weight excluding hydrogens is 310 g/mol. The van der Waals surface area contributed by atoms with Crippen LogP contribution < -0.4 is 4.74 Å². The zero-order chi connectivity index (χ0) is 17.5. The van der Waals surface area contributed by atoms with Crippen LogP contribution in [-0.4, -0.2) is 53.8 Å². The predicted octanol–water partition coefficient (Wildman–Crippen LogP) is 2.11. The Balaban J connectivity index is 1.84. The van der Waals surface area contributed by atoms with E-state index in [0.717, 1.165) is 17.7 Å². The van der Waals surface area contributed by atoms with Crippen molar-refractivity contribution in [2.45, 2.75) is 45.3 Å². The molecule has 0 spiro atoms. The number of benzene rings is 1. The van der Waals surface area contributed by atoms with Crippen LogP contribution in [0.3, 0.4) is 0 Å². The second-order valence-corrected chi connectivity index (χ2v) is 6.06. The van der Waals surface area contributed by atoms with Crippen LogP contribution in [-0.2, 0) is 20.7 Å². The molecule has 1 aliphatic rings. The fourth-order valence-electron chi connectivity index (χ4n) is 2.67. The van der Waals surface area contributed by atoms with Crippen LogP contribution in [0.5, 0.6) is 5.75 Å². The van der Waals surface area contributed by atoms with Gasteiger partial charge < -0.3 is 19.5 Å². The van der Waals surface area contributed by atoms with E-state index in [0.29, 0.717) is 26.0 Å². The third-order valence-electron chi connectivity index (χ3n) is 3.91. The molecule has 1 aromatic rings. The van der Waals surface area contributed by atoms with E-state index >= 15 is 0 Å². The number of hydrogen-bond acceptors (Lipinski definition) is 4. The number of amides is 1. The van der Waals surface area contributed by atoms with Gasteiger partial charge in [-0.25, -0.2) is 4.79 Å². The molecule has 6 heteroatoms. The maximum atomic E-state index is 12.3. The lowest BCUT2D eigenvalue weighted by Crippen LogP contribution is -2.51. The Morgan fingerprint density at radius 1 is 1.29 bits per heavy atom.